The lowest BCUT2D eigenvalue weighted by Gasteiger charge is -2.19. The van der Waals surface area contributed by atoms with Crippen LogP contribution >= 0.6 is 11.3 Å². The van der Waals surface area contributed by atoms with Gasteiger partial charge in [0.1, 0.15) is 6.10 Å². The lowest BCUT2D eigenvalue weighted by Crippen LogP contribution is -2.28. The third-order valence-corrected chi connectivity index (χ3v) is 4.99. The van der Waals surface area contributed by atoms with Gasteiger partial charge >= 0.3 is 6.01 Å². The van der Waals surface area contributed by atoms with Crippen molar-refractivity contribution in [3.63, 3.8) is 0 Å². The van der Waals surface area contributed by atoms with Gasteiger partial charge in [-0.05, 0) is 6.92 Å². The van der Waals surface area contributed by atoms with Crippen molar-refractivity contribution in [1.82, 2.24) is 19.9 Å². The highest BCUT2D eigenvalue weighted by atomic mass is 32.1. The smallest absolute Gasteiger partial charge is 0.316 e. The van der Waals surface area contributed by atoms with Gasteiger partial charge in [0.15, 0.2) is 10.9 Å². The standard InChI is InChI=1S/C16H20FN5O3S/c1-9-4-11(25-15-18-5-12(24-3)6-19-15)7-22(9)8-13-14(17)21-16(26-13)20-10(2)23/h5-6,9,11H,4,7-8H2,1-3H3,(H,20,21,23)/t9-,11?/m0/s1. The van der Waals surface area contributed by atoms with Crippen LogP contribution in [-0.2, 0) is 11.3 Å². The van der Waals surface area contributed by atoms with Crippen molar-refractivity contribution in [1.29, 1.82) is 0 Å². The quantitative estimate of drug-likeness (QED) is 0.819. The van der Waals surface area contributed by atoms with Crippen molar-refractivity contribution in [2.75, 3.05) is 19.0 Å². The number of rotatable bonds is 6. The summed E-state index contributed by atoms with van der Waals surface area (Å²) in [6, 6.07) is 0.505. The van der Waals surface area contributed by atoms with Gasteiger partial charge in [0.2, 0.25) is 11.9 Å². The predicted molar refractivity (Wildman–Crippen MR) is 93.9 cm³/mol. The Hall–Kier alpha value is -2.33. The number of halogens is 1. The molecule has 1 aliphatic rings. The number of carbonyl (C=O) groups excluding carboxylic acids is 1. The summed E-state index contributed by atoms with van der Waals surface area (Å²) in [7, 11) is 1.55. The molecule has 2 aromatic rings. The SMILES string of the molecule is COc1cnc(OC2C[C@H](C)N(Cc3sc(NC(C)=O)nc3F)C2)nc1. The molecule has 1 fully saturated rings. The first-order chi connectivity index (χ1) is 12.4. The van der Waals surface area contributed by atoms with E-state index < -0.39 is 5.95 Å². The van der Waals surface area contributed by atoms with Gasteiger partial charge in [0.25, 0.3) is 0 Å². The molecule has 0 bridgehead atoms. The van der Waals surface area contributed by atoms with Crippen molar-refractivity contribution < 1.29 is 18.7 Å². The second-order valence-electron chi connectivity index (χ2n) is 6.07. The first-order valence-corrected chi connectivity index (χ1v) is 8.95. The van der Waals surface area contributed by atoms with E-state index in [1.54, 1.807) is 19.5 Å². The molecule has 2 aromatic heterocycles. The topological polar surface area (TPSA) is 89.5 Å². The Kier molecular flexibility index (Phi) is 5.62. The number of nitrogens with zero attached hydrogens (tertiary/aromatic N) is 4. The normalized spacial score (nSPS) is 20.2. The van der Waals surface area contributed by atoms with Crippen molar-refractivity contribution in [2.24, 2.45) is 0 Å². The summed E-state index contributed by atoms with van der Waals surface area (Å²) >= 11 is 1.15. The maximum Gasteiger partial charge on any atom is 0.316 e. The molecule has 1 amide bonds. The number of thiazole rings is 1. The first kappa shape index (κ1) is 18.5. The highest BCUT2D eigenvalue weighted by molar-refractivity contribution is 7.15. The average molecular weight is 381 g/mol. The van der Waals surface area contributed by atoms with Crippen molar-refractivity contribution in [2.45, 2.75) is 39.0 Å². The number of ether oxygens (including phenoxy) is 2. The number of anilines is 1. The van der Waals surface area contributed by atoms with Crippen molar-refractivity contribution >= 4 is 22.4 Å². The Labute approximate surface area is 154 Å². The monoisotopic (exact) mass is 381 g/mol. The molecule has 3 heterocycles. The van der Waals surface area contributed by atoms with Crippen LogP contribution in [0.5, 0.6) is 11.8 Å². The number of amides is 1. The average Bonchev–Trinajstić information content (AvgIpc) is 3.10. The van der Waals surface area contributed by atoms with E-state index in [0.717, 1.165) is 17.8 Å². The minimum absolute atomic E-state index is 0.0795. The molecule has 26 heavy (non-hydrogen) atoms. The van der Waals surface area contributed by atoms with E-state index in [0.29, 0.717) is 29.7 Å². The zero-order valence-corrected chi connectivity index (χ0v) is 15.5. The van der Waals surface area contributed by atoms with E-state index in [1.165, 1.54) is 6.92 Å². The molecule has 10 heteroatoms. The van der Waals surface area contributed by atoms with Crippen LogP contribution in [0.15, 0.2) is 12.4 Å². The number of aromatic nitrogens is 3. The fourth-order valence-electron chi connectivity index (χ4n) is 2.79. The number of hydrogen-bond acceptors (Lipinski definition) is 8. The third kappa shape index (κ3) is 4.44. The molecule has 0 radical (unpaired) electrons. The van der Waals surface area contributed by atoms with Gasteiger partial charge in [0, 0.05) is 32.5 Å². The van der Waals surface area contributed by atoms with Crippen molar-refractivity contribution in [3.8, 4) is 11.8 Å². The van der Waals surface area contributed by atoms with E-state index in [2.05, 4.69) is 32.1 Å². The number of methoxy groups -OCH3 is 1. The predicted octanol–water partition coefficient (Wildman–Crippen LogP) is 2.08. The molecule has 3 rings (SSSR count). The summed E-state index contributed by atoms with van der Waals surface area (Å²) in [4.78, 5) is 25.6. The Bertz CT molecular complexity index is 770. The summed E-state index contributed by atoms with van der Waals surface area (Å²) < 4.78 is 24.9. The number of nitrogens with one attached hydrogen (secondary N) is 1. The number of hydrogen-bond donors (Lipinski definition) is 1. The van der Waals surface area contributed by atoms with Crippen LogP contribution in [0.3, 0.4) is 0 Å². The van der Waals surface area contributed by atoms with E-state index in [-0.39, 0.29) is 23.2 Å². The fourth-order valence-corrected chi connectivity index (χ4v) is 3.70. The molecule has 0 aliphatic carbocycles. The zero-order chi connectivity index (χ0) is 18.7. The minimum Gasteiger partial charge on any atom is -0.494 e. The molecule has 8 nitrogen and oxygen atoms in total. The summed E-state index contributed by atoms with van der Waals surface area (Å²) in [6.07, 6.45) is 3.81. The molecular formula is C16H20FN5O3S. The Morgan fingerprint density at radius 2 is 2.19 bits per heavy atom. The fraction of sp³-hybridized carbons (Fsp3) is 0.500. The maximum atomic E-state index is 14.0. The summed E-state index contributed by atoms with van der Waals surface area (Å²) in [5, 5.41) is 2.79. The van der Waals surface area contributed by atoms with Gasteiger partial charge < -0.3 is 14.8 Å². The summed E-state index contributed by atoms with van der Waals surface area (Å²) in [6.45, 7) is 4.47. The van der Waals surface area contributed by atoms with Crippen LogP contribution in [0.4, 0.5) is 9.52 Å². The van der Waals surface area contributed by atoms with Crippen LogP contribution in [0.1, 0.15) is 25.1 Å². The van der Waals surface area contributed by atoms with Crippen molar-refractivity contribution in [3.05, 3.63) is 23.2 Å². The molecule has 2 atom stereocenters. The molecule has 140 valence electrons. The first-order valence-electron chi connectivity index (χ1n) is 8.14. The Morgan fingerprint density at radius 3 is 2.85 bits per heavy atom. The summed E-state index contributed by atoms with van der Waals surface area (Å²) in [5.41, 5.74) is 0. The van der Waals surface area contributed by atoms with Gasteiger partial charge in [-0.15, -0.1) is 0 Å². The van der Waals surface area contributed by atoms with Gasteiger partial charge in [-0.1, -0.05) is 11.3 Å². The maximum absolute atomic E-state index is 14.0. The minimum atomic E-state index is -0.547. The molecule has 0 aromatic carbocycles. The summed E-state index contributed by atoms with van der Waals surface area (Å²) in [5.74, 6) is -0.254. The van der Waals surface area contributed by atoms with E-state index in [9.17, 15) is 9.18 Å². The van der Waals surface area contributed by atoms with Crippen LogP contribution < -0.4 is 14.8 Å². The van der Waals surface area contributed by atoms with Gasteiger partial charge in [-0.25, -0.2) is 0 Å². The van der Waals surface area contributed by atoms with Gasteiger partial charge in [0.05, 0.1) is 24.4 Å². The Balaban J connectivity index is 1.60. The molecule has 0 saturated carbocycles. The highest BCUT2D eigenvalue weighted by Crippen LogP contribution is 2.28. The van der Waals surface area contributed by atoms with Crippen LogP contribution in [-0.4, -0.2) is 51.6 Å². The van der Waals surface area contributed by atoms with Gasteiger partial charge in [-0.2, -0.15) is 19.3 Å². The van der Waals surface area contributed by atoms with Gasteiger partial charge in [-0.3, -0.25) is 9.69 Å². The van der Waals surface area contributed by atoms with Crippen LogP contribution in [0, 0.1) is 5.95 Å². The molecule has 1 saturated heterocycles. The second kappa shape index (κ2) is 7.92. The van der Waals surface area contributed by atoms with Crippen LogP contribution in [0.2, 0.25) is 0 Å². The zero-order valence-electron chi connectivity index (χ0n) is 14.7. The number of likely N-dealkylation sites (tertiary alicyclic amines) is 1. The lowest BCUT2D eigenvalue weighted by molar-refractivity contribution is -0.114. The molecule has 1 unspecified atom stereocenters. The van der Waals surface area contributed by atoms with Crippen LogP contribution in [0.25, 0.3) is 0 Å². The molecule has 1 aliphatic heterocycles. The highest BCUT2D eigenvalue weighted by Gasteiger charge is 2.32. The molecule has 1 N–H and O–H groups in total. The van der Waals surface area contributed by atoms with E-state index in [4.69, 9.17) is 9.47 Å². The Morgan fingerprint density at radius 1 is 1.46 bits per heavy atom. The van der Waals surface area contributed by atoms with E-state index >= 15 is 0 Å². The number of carbonyl (C=O) groups is 1. The third-order valence-electron chi connectivity index (χ3n) is 4.06. The van der Waals surface area contributed by atoms with E-state index in [1.807, 2.05) is 0 Å². The largest absolute Gasteiger partial charge is 0.494 e. The molecule has 0 spiro atoms. The lowest BCUT2D eigenvalue weighted by atomic mass is 10.2. The second-order valence-corrected chi connectivity index (χ2v) is 7.16. The molecular weight excluding hydrogens is 361 g/mol.